The van der Waals surface area contributed by atoms with E-state index in [2.05, 4.69) is 15.9 Å². The number of aliphatic hydroxyl groups excluding tert-OH is 1. The van der Waals surface area contributed by atoms with Gasteiger partial charge in [-0.25, -0.2) is 8.42 Å². The first-order chi connectivity index (χ1) is 9.71. The molecule has 2 atom stereocenters. The van der Waals surface area contributed by atoms with Crippen LogP contribution < -0.4 is 5.73 Å². The van der Waals surface area contributed by atoms with Crippen LogP contribution in [-0.2, 0) is 10.0 Å². The third-order valence-electron chi connectivity index (χ3n) is 3.48. The van der Waals surface area contributed by atoms with E-state index >= 15 is 0 Å². The van der Waals surface area contributed by atoms with Crippen molar-refractivity contribution in [3.63, 3.8) is 0 Å². The monoisotopic (exact) mass is 377 g/mol. The molecule has 0 aliphatic carbocycles. The molecule has 6 nitrogen and oxygen atoms in total. The molecule has 8 heteroatoms. The first kappa shape index (κ1) is 16.7. The van der Waals surface area contributed by atoms with Gasteiger partial charge in [-0.15, -0.1) is 0 Å². The standard InChI is InChI=1S/C13H20BrN3O3S/c1-16(2)7-10-6-11(18)8-17(10)21(19,20)13-4-3-9(14)5-12(13)15/h3-5,10-11,18H,6-8,15H2,1-2H3. The predicted octanol–water partition coefficient (Wildman–Crippen LogP) is 0.717. The minimum atomic E-state index is -3.71. The smallest absolute Gasteiger partial charge is 0.245 e. The molecule has 3 N–H and O–H groups in total. The second-order valence-electron chi connectivity index (χ2n) is 5.56. The number of aliphatic hydroxyl groups is 1. The highest BCUT2D eigenvalue weighted by atomic mass is 79.9. The van der Waals surface area contributed by atoms with Crippen LogP contribution in [0.5, 0.6) is 0 Å². The number of benzene rings is 1. The van der Waals surface area contributed by atoms with Gasteiger partial charge in [0.15, 0.2) is 0 Å². The molecule has 0 amide bonds. The van der Waals surface area contributed by atoms with E-state index in [0.29, 0.717) is 13.0 Å². The summed E-state index contributed by atoms with van der Waals surface area (Å²) in [6.45, 7) is 0.670. The van der Waals surface area contributed by atoms with E-state index in [-0.39, 0.29) is 23.2 Å². The number of hydrogen-bond donors (Lipinski definition) is 2. The van der Waals surface area contributed by atoms with Gasteiger partial charge < -0.3 is 15.7 Å². The molecule has 1 aromatic carbocycles. The summed E-state index contributed by atoms with van der Waals surface area (Å²) in [6, 6.07) is 4.46. The molecule has 0 radical (unpaired) electrons. The lowest BCUT2D eigenvalue weighted by Gasteiger charge is -2.26. The average Bonchev–Trinajstić information content (AvgIpc) is 2.69. The number of sulfonamides is 1. The first-order valence-corrected chi connectivity index (χ1v) is 8.85. The fourth-order valence-electron chi connectivity index (χ4n) is 2.62. The highest BCUT2D eigenvalue weighted by Gasteiger charge is 2.40. The van der Waals surface area contributed by atoms with Gasteiger partial charge in [-0.2, -0.15) is 4.31 Å². The Morgan fingerprint density at radius 3 is 2.71 bits per heavy atom. The number of likely N-dealkylation sites (N-methyl/N-ethyl adjacent to an activating group) is 1. The molecular weight excluding hydrogens is 358 g/mol. The predicted molar refractivity (Wildman–Crippen MR) is 85.4 cm³/mol. The number of halogens is 1. The second-order valence-corrected chi connectivity index (χ2v) is 8.34. The summed E-state index contributed by atoms with van der Waals surface area (Å²) in [5.74, 6) is 0. The highest BCUT2D eigenvalue weighted by molar-refractivity contribution is 9.10. The molecule has 1 saturated heterocycles. The zero-order chi connectivity index (χ0) is 15.8. The molecule has 2 unspecified atom stereocenters. The Balaban J connectivity index is 2.37. The largest absolute Gasteiger partial charge is 0.398 e. The van der Waals surface area contributed by atoms with Crippen molar-refractivity contribution >= 4 is 31.6 Å². The molecule has 1 aromatic rings. The molecule has 2 rings (SSSR count). The Hall–Kier alpha value is -0.670. The first-order valence-electron chi connectivity index (χ1n) is 6.61. The van der Waals surface area contributed by atoms with E-state index in [9.17, 15) is 13.5 Å². The molecule has 0 saturated carbocycles. The van der Waals surface area contributed by atoms with E-state index < -0.39 is 16.1 Å². The minimum absolute atomic E-state index is 0.0866. The zero-order valence-corrected chi connectivity index (χ0v) is 14.4. The van der Waals surface area contributed by atoms with Crippen LogP contribution in [0.3, 0.4) is 0 Å². The molecule has 1 heterocycles. The van der Waals surface area contributed by atoms with Crippen LogP contribution in [-0.4, -0.2) is 62.1 Å². The Morgan fingerprint density at radius 2 is 2.14 bits per heavy atom. The molecule has 1 aliphatic rings. The third-order valence-corrected chi connectivity index (χ3v) is 5.96. The van der Waals surface area contributed by atoms with E-state index in [1.54, 1.807) is 12.1 Å². The molecule has 0 spiro atoms. The van der Waals surface area contributed by atoms with Crippen LogP contribution in [0, 0.1) is 0 Å². The zero-order valence-electron chi connectivity index (χ0n) is 12.0. The van der Waals surface area contributed by atoms with Crippen LogP contribution in [0.4, 0.5) is 5.69 Å². The van der Waals surface area contributed by atoms with Crippen molar-refractivity contribution in [1.29, 1.82) is 0 Å². The average molecular weight is 378 g/mol. The van der Waals surface area contributed by atoms with Gasteiger partial charge in [-0.3, -0.25) is 0 Å². The maximum absolute atomic E-state index is 12.8. The highest BCUT2D eigenvalue weighted by Crippen LogP contribution is 2.30. The van der Waals surface area contributed by atoms with Gasteiger partial charge in [0.2, 0.25) is 10.0 Å². The third kappa shape index (κ3) is 3.57. The Morgan fingerprint density at radius 1 is 1.48 bits per heavy atom. The van der Waals surface area contributed by atoms with Crippen molar-refractivity contribution in [3.05, 3.63) is 22.7 Å². The summed E-state index contributed by atoms with van der Waals surface area (Å²) < 4.78 is 27.7. The number of hydrogen-bond acceptors (Lipinski definition) is 5. The van der Waals surface area contributed by atoms with E-state index in [1.807, 2.05) is 19.0 Å². The number of rotatable bonds is 4. The van der Waals surface area contributed by atoms with Gasteiger partial charge in [0.05, 0.1) is 11.8 Å². The van der Waals surface area contributed by atoms with Crippen LogP contribution >= 0.6 is 15.9 Å². The van der Waals surface area contributed by atoms with Crippen molar-refractivity contribution < 1.29 is 13.5 Å². The lowest BCUT2D eigenvalue weighted by Crippen LogP contribution is -2.41. The summed E-state index contributed by atoms with van der Waals surface area (Å²) in [6.07, 6.45) is -0.199. The SMILES string of the molecule is CN(C)CC1CC(O)CN1S(=O)(=O)c1ccc(Br)cc1N. The van der Waals surface area contributed by atoms with Crippen molar-refractivity contribution in [3.8, 4) is 0 Å². The molecule has 21 heavy (non-hydrogen) atoms. The number of anilines is 1. The van der Waals surface area contributed by atoms with E-state index in [4.69, 9.17) is 5.73 Å². The van der Waals surface area contributed by atoms with Gasteiger partial charge in [0.25, 0.3) is 0 Å². The molecule has 118 valence electrons. The van der Waals surface area contributed by atoms with Gasteiger partial charge in [0, 0.05) is 23.6 Å². The van der Waals surface area contributed by atoms with E-state index in [0.717, 1.165) is 4.47 Å². The number of nitrogens with zero attached hydrogens (tertiary/aromatic N) is 2. The molecule has 1 fully saturated rings. The molecule has 0 aromatic heterocycles. The van der Waals surface area contributed by atoms with Crippen LogP contribution in [0.25, 0.3) is 0 Å². The van der Waals surface area contributed by atoms with Crippen molar-refractivity contribution in [2.75, 3.05) is 32.9 Å². The fourth-order valence-corrected chi connectivity index (χ4v) is 4.77. The molecule has 0 bridgehead atoms. The topological polar surface area (TPSA) is 86.9 Å². The second kappa shape index (κ2) is 6.21. The summed E-state index contributed by atoms with van der Waals surface area (Å²) in [5.41, 5.74) is 6.05. The van der Waals surface area contributed by atoms with Gasteiger partial charge in [-0.1, -0.05) is 15.9 Å². The molecule has 1 aliphatic heterocycles. The maximum atomic E-state index is 12.8. The van der Waals surface area contributed by atoms with Gasteiger partial charge >= 0.3 is 0 Å². The Labute approximate surface area is 133 Å². The number of nitrogen functional groups attached to an aromatic ring is 1. The summed E-state index contributed by atoms with van der Waals surface area (Å²) in [4.78, 5) is 2.00. The summed E-state index contributed by atoms with van der Waals surface area (Å²) in [7, 11) is 0.0439. The Bertz CT molecular complexity index is 621. The number of β-amino-alcohol motifs (C(OH)–C–C–N with tert-alkyl or cyclic N) is 1. The van der Waals surface area contributed by atoms with Crippen LogP contribution in [0.2, 0.25) is 0 Å². The summed E-state index contributed by atoms with van der Waals surface area (Å²) in [5, 5.41) is 9.84. The Kier molecular flexibility index (Phi) is 4.94. The summed E-state index contributed by atoms with van der Waals surface area (Å²) >= 11 is 3.27. The maximum Gasteiger partial charge on any atom is 0.245 e. The van der Waals surface area contributed by atoms with Crippen LogP contribution in [0.15, 0.2) is 27.6 Å². The quantitative estimate of drug-likeness (QED) is 0.754. The van der Waals surface area contributed by atoms with Crippen LogP contribution in [0.1, 0.15) is 6.42 Å². The molecular formula is C13H20BrN3O3S. The van der Waals surface area contributed by atoms with E-state index in [1.165, 1.54) is 10.4 Å². The van der Waals surface area contributed by atoms with Gasteiger partial charge in [-0.05, 0) is 38.7 Å². The van der Waals surface area contributed by atoms with Crippen molar-refractivity contribution in [1.82, 2.24) is 9.21 Å². The lowest BCUT2D eigenvalue weighted by molar-refractivity contribution is 0.188. The van der Waals surface area contributed by atoms with Crippen molar-refractivity contribution in [2.24, 2.45) is 0 Å². The van der Waals surface area contributed by atoms with Gasteiger partial charge in [0.1, 0.15) is 4.90 Å². The fraction of sp³-hybridized carbons (Fsp3) is 0.538. The minimum Gasteiger partial charge on any atom is -0.398 e. The lowest BCUT2D eigenvalue weighted by atomic mass is 10.2. The number of nitrogens with two attached hydrogens (primary N) is 1. The normalized spacial score (nSPS) is 23.9. The van der Waals surface area contributed by atoms with Crippen molar-refractivity contribution in [2.45, 2.75) is 23.5 Å².